The predicted octanol–water partition coefficient (Wildman–Crippen LogP) is 3.22. The van der Waals surface area contributed by atoms with Crippen molar-refractivity contribution in [3.8, 4) is 5.75 Å². The van der Waals surface area contributed by atoms with Crippen LogP contribution in [-0.2, 0) is 0 Å². The number of hydrogen-bond acceptors (Lipinski definition) is 2. The zero-order valence-electron chi connectivity index (χ0n) is 7.13. The number of fused-ring (bicyclic) bond motifs is 1. The average molecular weight is 178 g/mol. The SMILES string of the molecule is COc1c(C)sc2ccccc12. The molecule has 1 nitrogen and oxygen atoms in total. The second-order valence-corrected chi connectivity index (χ2v) is 3.94. The molecule has 0 saturated carbocycles. The van der Waals surface area contributed by atoms with E-state index in [1.807, 2.05) is 6.07 Å². The fourth-order valence-electron chi connectivity index (χ4n) is 1.40. The lowest BCUT2D eigenvalue weighted by Gasteiger charge is -1.97. The van der Waals surface area contributed by atoms with Gasteiger partial charge in [-0.15, -0.1) is 11.3 Å². The summed E-state index contributed by atoms with van der Waals surface area (Å²) in [7, 11) is 1.72. The Hall–Kier alpha value is -1.02. The zero-order valence-corrected chi connectivity index (χ0v) is 7.94. The van der Waals surface area contributed by atoms with Crippen molar-refractivity contribution in [2.45, 2.75) is 6.92 Å². The summed E-state index contributed by atoms with van der Waals surface area (Å²) in [5.41, 5.74) is 0. The minimum Gasteiger partial charge on any atom is -0.495 e. The smallest absolute Gasteiger partial charge is 0.140 e. The topological polar surface area (TPSA) is 9.23 Å². The van der Waals surface area contributed by atoms with Crippen LogP contribution < -0.4 is 4.74 Å². The van der Waals surface area contributed by atoms with Crippen LogP contribution in [0.1, 0.15) is 4.88 Å². The molecule has 0 radical (unpaired) electrons. The molecule has 2 rings (SSSR count). The van der Waals surface area contributed by atoms with Gasteiger partial charge in [0, 0.05) is 15.0 Å². The highest BCUT2D eigenvalue weighted by Crippen LogP contribution is 2.36. The third kappa shape index (κ3) is 0.994. The van der Waals surface area contributed by atoms with Gasteiger partial charge in [0.15, 0.2) is 0 Å². The number of ether oxygens (including phenoxy) is 1. The highest BCUT2D eigenvalue weighted by Gasteiger charge is 2.06. The Labute approximate surface area is 75.6 Å². The van der Waals surface area contributed by atoms with Gasteiger partial charge in [0.25, 0.3) is 0 Å². The predicted molar refractivity (Wildman–Crippen MR) is 53.1 cm³/mol. The van der Waals surface area contributed by atoms with Crippen LogP contribution in [0.25, 0.3) is 10.1 Å². The first-order valence-corrected chi connectivity index (χ1v) is 4.66. The molecule has 0 aliphatic carbocycles. The number of aryl methyl sites for hydroxylation is 1. The Morgan fingerprint density at radius 2 is 2.00 bits per heavy atom. The van der Waals surface area contributed by atoms with Gasteiger partial charge in [-0.25, -0.2) is 0 Å². The lowest BCUT2D eigenvalue weighted by molar-refractivity contribution is 0.418. The second-order valence-electron chi connectivity index (χ2n) is 2.69. The van der Waals surface area contributed by atoms with E-state index in [0.29, 0.717) is 0 Å². The second kappa shape index (κ2) is 2.79. The summed E-state index contributed by atoms with van der Waals surface area (Å²) in [6, 6.07) is 8.31. The maximum atomic E-state index is 5.31. The van der Waals surface area contributed by atoms with E-state index in [2.05, 4.69) is 25.1 Å². The van der Waals surface area contributed by atoms with Gasteiger partial charge in [0.05, 0.1) is 7.11 Å². The molecule has 1 aromatic carbocycles. The summed E-state index contributed by atoms with van der Waals surface area (Å²) in [4.78, 5) is 1.25. The molecule has 62 valence electrons. The van der Waals surface area contributed by atoms with Crippen molar-refractivity contribution in [2.24, 2.45) is 0 Å². The van der Waals surface area contributed by atoms with E-state index in [9.17, 15) is 0 Å². The minimum atomic E-state index is 1.02. The van der Waals surface area contributed by atoms with E-state index < -0.39 is 0 Å². The van der Waals surface area contributed by atoms with E-state index in [4.69, 9.17) is 4.74 Å². The molecular weight excluding hydrogens is 168 g/mol. The van der Waals surface area contributed by atoms with Crippen LogP contribution in [0.5, 0.6) is 5.75 Å². The monoisotopic (exact) mass is 178 g/mol. The molecule has 0 aliphatic rings. The largest absolute Gasteiger partial charge is 0.495 e. The quantitative estimate of drug-likeness (QED) is 0.651. The van der Waals surface area contributed by atoms with E-state index >= 15 is 0 Å². The van der Waals surface area contributed by atoms with Gasteiger partial charge in [0.1, 0.15) is 5.75 Å². The lowest BCUT2D eigenvalue weighted by atomic mass is 10.2. The molecule has 1 heterocycles. The van der Waals surface area contributed by atoms with Crippen molar-refractivity contribution in [1.82, 2.24) is 0 Å². The van der Waals surface area contributed by atoms with Gasteiger partial charge < -0.3 is 4.74 Å². The van der Waals surface area contributed by atoms with Crippen molar-refractivity contribution in [3.05, 3.63) is 29.1 Å². The van der Waals surface area contributed by atoms with Crippen LogP contribution >= 0.6 is 11.3 Å². The number of rotatable bonds is 1. The maximum absolute atomic E-state index is 5.31. The van der Waals surface area contributed by atoms with E-state index in [1.165, 1.54) is 15.0 Å². The molecule has 0 N–H and O–H groups in total. The summed E-state index contributed by atoms with van der Waals surface area (Å²) in [6.45, 7) is 2.09. The van der Waals surface area contributed by atoms with E-state index in [1.54, 1.807) is 18.4 Å². The lowest BCUT2D eigenvalue weighted by Crippen LogP contribution is -1.81. The molecule has 0 fully saturated rings. The van der Waals surface area contributed by atoms with Gasteiger partial charge in [-0.1, -0.05) is 12.1 Å². The standard InChI is InChI=1S/C10H10OS/c1-7-10(11-2)8-5-3-4-6-9(8)12-7/h3-6H,1-2H3. The van der Waals surface area contributed by atoms with Crippen LogP contribution in [-0.4, -0.2) is 7.11 Å². The van der Waals surface area contributed by atoms with Gasteiger partial charge in [-0.3, -0.25) is 0 Å². The average Bonchev–Trinajstić information content (AvgIpc) is 2.40. The fourth-order valence-corrected chi connectivity index (χ4v) is 2.43. The van der Waals surface area contributed by atoms with Crippen molar-refractivity contribution in [2.75, 3.05) is 7.11 Å². The number of hydrogen-bond donors (Lipinski definition) is 0. The van der Waals surface area contributed by atoms with Crippen molar-refractivity contribution in [1.29, 1.82) is 0 Å². The molecule has 12 heavy (non-hydrogen) atoms. The Balaban J connectivity index is 2.81. The first-order valence-electron chi connectivity index (χ1n) is 3.85. The van der Waals surface area contributed by atoms with Crippen LogP contribution in [0.3, 0.4) is 0 Å². The molecular formula is C10H10OS. The molecule has 1 aromatic heterocycles. The Morgan fingerprint density at radius 3 is 2.75 bits per heavy atom. The Morgan fingerprint density at radius 1 is 1.25 bits per heavy atom. The molecule has 0 unspecified atom stereocenters. The summed E-state index contributed by atoms with van der Waals surface area (Å²) in [5.74, 6) is 1.02. The third-order valence-electron chi connectivity index (χ3n) is 1.92. The molecule has 0 spiro atoms. The first-order chi connectivity index (χ1) is 5.83. The molecule has 0 bridgehead atoms. The minimum absolute atomic E-state index is 1.02. The fraction of sp³-hybridized carbons (Fsp3) is 0.200. The van der Waals surface area contributed by atoms with Crippen LogP contribution in [0.2, 0.25) is 0 Å². The highest BCUT2D eigenvalue weighted by atomic mass is 32.1. The highest BCUT2D eigenvalue weighted by molar-refractivity contribution is 7.19. The molecule has 0 aliphatic heterocycles. The normalized spacial score (nSPS) is 10.5. The van der Waals surface area contributed by atoms with Crippen LogP contribution in [0.4, 0.5) is 0 Å². The molecule has 0 amide bonds. The van der Waals surface area contributed by atoms with E-state index in [-0.39, 0.29) is 0 Å². The number of methoxy groups -OCH3 is 1. The van der Waals surface area contributed by atoms with Gasteiger partial charge in [-0.05, 0) is 19.1 Å². The zero-order chi connectivity index (χ0) is 8.55. The molecule has 0 saturated heterocycles. The Kier molecular flexibility index (Phi) is 1.77. The summed E-state index contributed by atoms with van der Waals surface area (Å²) in [5, 5.41) is 1.22. The Bertz CT molecular complexity index is 403. The van der Waals surface area contributed by atoms with Gasteiger partial charge in [-0.2, -0.15) is 0 Å². The molecule has 2 heteroatoms. The molecule has 2 aromatic rings. The van der Waals surface area contributed by atoms with Crippen molar-refractivity contribution >= 4 is 21.4 Å². The molecule has 0 atom stereocenters. The van der Waals surface area contributed by atoms with Crippen LogP contribution in [0, 0.1) is 6.92 Å². The van der Waals surface area contributed by atoms with Gasteiger partial charge >= 0.3 is 0 Å². The van der Waals surface area contributed by atoms with Crippen molar-refractivity contribution in [3.63, 3.8) is 0 Å². The van der Waals surface area contributed by atoms with Gasteiger partial charge in [0.2, 0.25) is 0 Å². The summed E-state index contributed by atoms with van der Waals surface area (Å²) in [6.07, 6.45) is 0. The van der Waals surface area contributed by atoms with Crippen molar-refractivity contribution < 1.29 is 4.74 Å². The third-order valence-corrected chi connectivity index (χ3v) is 2.99. The van der Waals surface area contributed by atoms with Crippen LogP contribution in [0.15, 0.2) is 24.3 Å². The maximum Gasteiger partial charge on any atom is 0.140 e. The summed E-state index contributed by atoms with van der Waals surface area (Å²) < 4.78 is 6.61. The van der Waals surface area contributed by atoms with E-state index in [0.717, 1.165) is 5.75 Å². The summed E-state index contributed by atoms with van der Waals surface area (Å²) >= 11 is 1.78. The number of thiophene rings is 1. The first kappa shape index (κ1) is 7.62. The number of benzene rings is 1.